The maximum Gasteiger partial charge on any atom is 0.405 e. The van der Waals surface area contributed by atoms with Crippen LogP contribution in [0.15, 0.2) is 48.7 Å². The number of hydrogen-bond acceptors (Lipinski definition) is 6. The van der Waals surface area contributed by atoms with Crippen LogP contribution in [0.4, 0.5) is 0 Å². The Balaban J connectivity index is 1.63. The molecule has 0 radical (unpaired) electrons. The fraction of sp³-hybridized carbons (Fsp3) is 0.222. The molecule has 7 nitrogen and oxygen atoms in total. The first-order chi connectivity index (χ1) is 12.5. The van der Waals surface area contributed by atoms with E-state index in [9.17, 15) is 14.8 Å². The van der Waals surface area contributed by atoms with E-state index in [2.05, 4.69) is 4.98 Å². The van der Waals surface area contributed by atoms with E-state index < -0.39 is 12.6 Å². The third-order valence-corrected chi connectivity index (χ3v) is 5.21. The van der Waals surface area contributed by atoms with Crippen molar-refractivity contribution in [1.29, 1.82) is 0 Å². The summed E-state index contributed by atoms with van der Waals surface area (Å²) >= 11 is 1.52. The molecule has 1 atom stereocenters. The van der Waals surface area contributed by atoms with Crippen molar-refractivity contribution in [3.05, 3.63) is 64.6 Å². The van der Waals surface area contributed by atoms with Crippen molar-refractivity contribution in [3.8, 4) is 0 Å². The first kappa shape index (κ1) is 17.8. The highest BCUT2D eigenvalue weighted by atomic mass is 32.1. The molecule has 0 N–H and O–H groups in total. The number of aromatic nitrogens is 2. The molecule has 0 saturated heterocycles. The van der Waals surface area contributed by atoms with Gasteiger partial charge in [0.25, 0.3) is 5.91 Å². The number of fused-ring (bicyclic) bond motifs is 1. The number of hydrogen-bond donors (Lipinski definition) is 0. The molecule has 1 aromatic carbocycles. The number of thiazole rings is 1. The molecule has 0 aliphatic rings. The van der Waals surface area contributed by atoms with Crippen molar-refractivity contribution in [2.45, 2.75) is 13.0 Å². The average molecular weight is 371 g/mol. The van der Waals surface area contributed by atoms with Gasteiger partial charge in [-0.05, 0) is 25.1 Å². The smallest absolute Gasteiger partial charge is 0.405 e. The molecule has 2 aromatic heterocycles. The molecule has 134 valence electrons. The van der Waals surface area contributed by atoms with Gasteiger partial charge in [-0.15, -0.1) is 11.3 Å². The van der Waals surface area contributed by atoms with Crippen LogP contribution in [0.5, 0.6) is 0 Å². The summed E-state index contributed by atoms with van der Waals surface area (Å²) in [5.41, 5.74) is 0.720. The minimum Gasteiger partial charge on any atom is -0.618 e. The number of likely N-dealkylation sites (N-methyl/N-ethyl adjacent to an activating group) is 1. The van der Waals surface area contributed by atoms with Gasteiger partial charge in [0, 0.05) is 19.2 Å². The van der Waals surface area contributed by atoms with Crippen molar-refractivity contribution in [3.63, 3.8) is 0 Å². The summed E-state index contributed by atoms with van der Waals surface area (Å²) in [7, 11) is 1.63. The number of pyridine rings is 1. The van der Waals surface area contributed by atoms with E-state index in [-0.39, 0.29) is 17.6 Å². The van der Waals surface area contributed by atoms with Crippen LogP contribution in [0, 0.1) is 5.21 Å². The Morgan fingerprint density at radius 1 is 1.27 bits per heavy atom. The lowest BCUT2D eigenvalue weighted by atomic mass is 10.3. The number of ether oxygens (including phenoxy) is 1. The highest BCUT2D eigenvalue weighted by Gasteiger charge is 2.23. The van der Waals surface area contributed by atoms with Gasteiger partial charge in [-0.1, -0.05) is 12.1 Å². The number of carbonyl (C=O) groups is 2. The second kappa shape index (κ2) is 7.49. The van der Waals surface area contributed by atoms with Gasteiger partial charge in [0.05, 0.1) is 16.3 Å². The summed E-state index contributed by atoms with van der Waals surface area (Å²) < 4.78 is 6.42. The van der Waals surface area contributed by atoms with Gasteiger partial charge >= 0.3 is 11.7 Å². The Morgan fingerprint density at radius 3 is 2.73 bits per heavy atom. The molecule has 0 aliphatic heterocycles. The molecular weight excluding hydrogens is 354 g/mol. The fourth-order valence-corrected chi connectivity index (χ4v) is 3.40. The van der Waals surface area contributed by atoms with Crippen LogP contribution in [0.25, 0.3) is 10.2 Å². The summed E-state index contributed by atoms with van der Waals surface area (Å²) in [4.78, 5) is 30.3. The van der Waals surface area contributed by atoms with E-state index in [0.29, 0.717) is 4.73 Å². The average Bonchev–Trinajstić information content (AvgIpc) is 3.09. The lowest BCUT2D eigenvalue weighted by molar-refractivity contribution is -0.608. The molecular formula is C18H17N3O4S. The zero-order chi connectivity index (χ0) is 18.7. The van der Waals surface area contributed by atoms with E-state index in [1.807, 2.05) is 31.2 Å². The molecule has 3 rings (SSSR count). The van der Waals surface area contributed by atoms with Crippen molar-refractivity contribution in [2.75, 3.05) is 13.7 Å². The topological polar surface area (TPSA) is 86.4 Å². The summed E-state index contributed by atoms with van der Waals surface area (Å²) in [6, 6.07) is 11.9. The molecule has 0 saturated carbocycles. The highest BCUT2D eigenvalue weighted by molar-refractivity contribution is 7.18. The molecule has 3 aromatic rings. The van der Waals surface area contributed by atoms with Gasteiger partial charge < -0.3 is 14.8 Å². The number of para-hydroxylation sites is 1. The summed E-state index contributed by atoms with van der Waals surface area (Å²) in [6.07, 6.45) is 1.19. The van der Waals surface area contributed by atoms with Crippen LogP contribution in [0.1, 0.15) is 28.5 Å². The second-order valence-corrected chi connectivity index (χ2v) is 6.75. The predicted octanol–water partition coefficient (Wildman–Crippen LogP) is 2.31. The van der Waals surface area contributed by atoms with Crippen LogP contribution in [-0.2, 0) is 9.53 Å². The van der Waals surface area contributed by atoms with E-state index in [1.54, 1.807) is 13.1 Å². The lowest BCUT2D eigenvalue weighted by Gasteiger charge is -2.22. The second-order valence-electron chi connectivity index (χ2n) is 5.69. The normalized spacial score (nSPS) is 11.9. The van der Waals surface area contributed by atoms with Gasteiger partial charge in [0.1, 0.15) is 5.01 Å². The van der Waals surface area contributed by atoms with Crippen molar-refractivity contribution < 1.29 is 19.1 Å². The minimum atomic E-state index is -0.838. The maximum atomic E-state index is 12.3. The Morgan fingerprint density at radius 2 is 2.00 bits per heavy atom. The summed E-state index contributed by atoms with van der Waals surface area (Å²) in [5.74, 6) is -1.21. The van der Waals surface area contributed by atoms with Crippen LogP contribution < -0.4 is 4.73 Å². The Labute approximate surface area is 154 Å². The molecule has 0 spiro atoms. The molecule has 26 heavy (non-hydrogen) atoms. The lowest BCUT2D eigenvalue weighted by Crippen LogP contribution is -2.37. The van der Waals surface area contributed by atoms with Gasteiger partial charge in [-0.2, -0.15) is 4.73 Å². The Kier molecular flexibility index (Phi) is 5.13. The third-order valence-electron chi connectivity index (χ3n) is 4.00. The maximum absolute atomic E-state index is 12.3. The molecule has 2 heterocycles. The fourth-order valence-electron chi connectivity index (χ4n) is 2.34. The van der Waals surface area contributed by atoms with E-state index in [0.717, 1.165) is 15.2 Å². The number of esters is 1. The van der Waals surface area contributed by atoms with Gasteiger partial charge in [0.2, 0.25) is 0 Å². The molecule has 8 heteroatoms. The number of benzene rings is 1. The predicted molar refractivity (Wildman–Crippen MR) is 96.5 cm³/mol. The van der Waals surface area contributed by atoms with E-state index >= 15 is 0 Å². The monoisotopic (exact) mass is 371 g/mol. The SMILES string of the molecule is C[C@H](c1nc2ccccc2s1)N(C)C(=O)COC(=O)c1cccc[n+]1[O-]. The van der Waals surface area contributed by atoms with Crippen LogP contribution >= 0.6 is 11.3 Å². The number of carbonyl (C=O) groups excluding carboxylic acids is 2. The summed E-state index contributed by atoms with van der Waals surface area (Å²) in [6.45, 7) is 1.42. The molecule has 0 aliphatic carbocycles. The van der Waals surface area contributed by atoms with Crippen molar-refractivity contribution in [2.24, 2.45) is 0 Å². The number of rotatable bonds is 5. The highest BCUT2D eigenvalue weighted by Crippen LogP contribution is 2.28. The Hall–Kier alpha value is -3.00. The third kappa shape index (κ3) is 3.65. The zero-order valence-corrected chi connectivity index (χ0v) is 15.1. The van der Waals surface area contributed by atoms with Gasteiger partial charge in [-0.25, -0.2) is 9.78 Å². The van der Waals surface area contributed by atoms with Crippen LogP contribution in [-0.4, -0.2) is 35.4 Å². The molecule has 0 fully saturated rings. The van der Waals surface area contributed by atoms with Crippen LogP contribution in [0.3, 0.4) is 0 Å². The Bertz CT molecular complexity index is 923. The first-order valence-corrected chi connectivity index (χ1v) is 8.75. The number of amides is 1. The molecule has 0 unspecified atom stereocenters. The van der Waals surface area contributed by atoms with Gasteiger partial charge in [-0.3, -0.25) is 4.79 Å². The summed E-state index contributed by atoms with van der Waals surface area (Å²) in [5, 5.41) is 12.3. The quantitative estimate of drug-likeness (QED) is 0.390. The van der Waals surface area contributed by atoms with Crippen LogP contribution in [0.2, 0.25) is 0 Å². The minimum absolute atomic E-state index is 0.165. The van der Waals surface area contributed by atoms with Crippen molar-refractivity contribution in [1.82, 2.24) is 9.88 Å². The molecule has 0 bridgehead atoms. The standard InChI is InChI=1S/C18H17N3O4S/c1-12(17-19-13-7-3-4-9-15(13)26-17)20(2)16(22)11-25-18(23)14-8-5-6-10-21(14)24/h3-10,12H,11H2,1-2H3/t12-/m1/s1. The zero-order valence-electron chi connectivity index (χ0n) is 14.3. The number of nitrogens with zero attached hydrogens (tertiary/aromatic N) is 3. The van der Waals surface area contributed by atoms with E-state index in [1.165, 1.54) is 34.6 Å². The molecule has 1 amide bonds. The van der Waals surface area contributed by atoms with Gasteiger partial charge in [0.15, 0.2) is 12.8 Å². The van der Waals surface area contributed by atoms with Crippen molar-refractivity contribution >= 4 is 33.4 Å². The van der Waals surface area contributed by atoms with E-state index in [4.69, 9.17) is 4.74 Å². The first-order valence-electron chi connectivity index (χ1n) is 7.94. The largest absolute Gasteiger partial charge is 0.618 e.